The van der Waals surface area contributed by atoms with Crippen LogP contribution in [0.4, 0.5) is 24.9 Å². The van der Waals surface area contributed by atoms with Crippen LogP contribution in [0.25, 0.3) is 10.9 Å². The Kier molecular flexibility index (Phi) is 8.79. The molecule has 1 aliphatic carbocycles. The lowest BCUT2D eigenvalue weighted by atomic mass is 9.81. The topological polar surface area (TPSA) is 53.5 Å². The van der Waals surface area contributed by atoms with Gasteiger partial charge in [0.2, 0.25) is 5.95 Å². The normalized spacial score (nSPS) is 18.3. The molecule has 0 saturated heterocycles. The van der Waals surface area contributed by atoms with Crippen molar-refractivity contribution in [3.05, 3.63) is 52.5 Å². The van der Waals surface area contributed by atoms with Crippen LogP contribution in [-0.4, -0.2) is 55.5 Å². The highest BCUT2D eigenvalue weighted by Gasteiger charge is 2.32. The first-order valence-corrected chi connectivity index (χ1v) is 13.3. The number of aromatic nitrogens is 2. The number of hydrogen-bond donors (Lipinski definition) is 1. The Balaban J connectivity index is 1.28. The van der Waals surface area contributed by atoms with Crippen LogP contribution < -0.4 is 15.0 Å². The van der Waals surface area contributed by atoms with Gasteiger partial charge in [-0.2, -0.15) is 4.98 Å². The zero-order valence-corrected chi connectivity index (χ0v) is 22.9. The monoisotopic (exact) mass is 579 g/mol. The summed E-state index contributed by atoms with van der Waals surface area (Å²) in [6.45, 7) is 2.06. The van der Waals surface area contributed by atoms with Gasteiger partial charge < -0.3 is 19.9 Å². The molecule has 0 aliphatic heterocycles. The molecule has 0 atom stereocenters. The highest BCUT2D eigenvalue weighted by atomic mass is 79.9. The minimum absolute atomic E-state index is 0.156. The molecule has 1 N–H and O–H groups in total. The van der Waals surface area contributed by atoms with E-state index in [0.29, 0.717) is 34.4 Å². The predicted molar refractivity (Wildman–Crippen MR) is 145 cm³/mol. The van der Waals surface area contributed by atoms with Crippen molar-refractivity contribution < 1.29 is 17.9 Å². The molecule has 2 aromatic carbocycles. The Hall–Kier alpha value is -2.59. The van der Waals surface area contributed by atoms with Crippen molar-refractivity contribution >= 4 is 38.6 Å². The predicted octanol–water partition coefficient (Wildman–Crippen LogP) is 6.71. The van der Waals surface area contributed by atoms with E-state index in [0.717, 1.165) is 55.5 Å². The van der Waals surface area contributed by atoms with Crippen LogP contribution in [0.5, 0.6) is 5.75 Å². The molecule has 0 radical (unpaired) electrons. The van der Waals surface area contributed by atoms with Crippen molar-refractivity contribution in [2.75, 3.05) is 44.4 Å². The summed E-state index contributed by atoms with van der Waals surface area (Å²) in [5.41, 5.74) is 1.44. The first-order chi connectivity index (χ1) is 17.6. The number of rotatable bonds is 9. The Labute approximate surface area is 224 Å². The fraction of sp³-hybridized carbons (Fsp3) is 0.481. The molecule has 0 bridgehead atoms. The molecule has 1 aromatic heterocycles. The molecule has 3 aromatic rings. The summed E-state index contributed by atoms with van der Waals surface area (Å²) in [5, 5.41) is 4.48. The minimum Gasteiger partial charge on any atom is -0.405 e. The second-order valence-electron chi connectivity index (χ2n) is 10.0. The highest BCUT2D eigenvalue weighted by molar-refractivity contribution is 9.10. The second-order valence-corrected chi connectivity index (χ2v) is 11.0. The van der Waals surface area contributed by atoms with Gasteiger partial charge in [-0.3, -0.25) is 0 Å². The van der Waals surface area contributed by atoms with E-state index in [4.69, 9.17) is 9.97 Å². The van der Waals surface area contributed by atoms with Crippen LogP contribution in [0.2, 0.25) is 0 Å². The molecule has 0 unspecified atom stereocenters. The van der Waals surface area contributed by atoms with E-state index < -0.39 is 6.36 Å². The van der Waals surface area contributed by atoms with Crippen LogP contribution in [0.1, 0.15) is 31.2 Å². The van der Waals surface area contributed by atoms with E-state index in [9.17, 15) is 13.2 Å². The van der Waals surface area contributed by atoms with Crippen molar-refractivity contribution in [2.45, 2.75) is 38.6 Å². The maximum Gasteiger partial charge on any atom is 0.573 e. The largest absolute Gasteiger partial charge is 0.573 e. The molecule has 10 heteroatoms. The second kappa shape index (κ2) is 11.9. The Morgan fingerprint density at radius 1 is 1.00 bits per heavy atom. The van der Waals surface area contributed by atoms with E-state index in [-0.39, 0.29) is 5.75 Å². The molecule has 4 rings (SSSR count). The summed E-state index contributed by atoms with van der Waals surface area (Å²) in [5.74, 6) is 2.44. The Bertz CT molecular complexity index is 1200. The zero-order valence-electron chi connectivity index (χ0n) is 21.4. The van der Waals surface area contributed by atoms with Gasteiger partial charge in [0, 0.05) is 49.2 Å². The first-order valence-electron chi connectivity index (χ1n) is 12.5. The molecule has 1 fully saturated rings. The number of anilines is 2. The number of alkyl halides is 3. The summed E-state index contributed by atoms with van der Waals surface area (Å²) in [7, 11) is 5.92. The van der Waals surface area contributed by atoms with Gasteiger partial charge >= 0.3 is 6.36 Å². The molecule has 37 heavy (non-hydrogen) atoms. The van der Waals surface area contributed by atoms with Gasteiger partial charge in [0.1, 0.15) is 11.6 Å². The number of fused-ring (bicyclic) bond motifs is 1. The van der Waals surface area contributed by atoms with Gasteiger partial charge in [-0.05, 0) is 68.8 Å². The molecule has 1 aliphatic rings. The average Bonchev–Trinajstić information content (AvgIpc) is 2.83. The van der Waals surface area contributed by atoms with Gasteiger partial charge in [-0.25, -0.2) is 4.98 Å². The van der Waals surface area contributed by atoms with Crippen LogP contribution in [-0.2, 0) is 6.54 Å². The van der Waals surface area contributed by atoms with E-state index in [2.05, 4.69) is 30.9 Å². The van der Waals surface area contributed by atoms with Crippen LogP contribution in [0.3, 0.4) is 0 Å². The number of halogens is 4. The molecule has 1 saturated carbocycles. The minimum atomic E-state index is -4.72. The molecule has 0 amide bonds. The highest BCUT2D eigenvalue weighted by Crippen LogP contribution is 2.33. The summed E-state index contributed by atoms with van der Waals surface area (Å²) < 4.78 is 43.3. The lowest BCUT2D eigenvalue weighted by molar-refractivity contribution is -0.275. The Morgan fingerprint density at radius 3 is 2.41 bits per heavy atom. The number of nitrogens with zero attached hydrogens (tertiary/aromatic N) is 4. The van der Waals surface area contributed by atoms with Crippen molar-refractivity contribution in [1.29, 1.82) is 0 Å². The number of hydrogen-bond acceptors (Lipinski definition) is 6. The molecule has 0 spiro atoms. The van der Waals surface area contributed by atoms with Crippen molar-refractivity contribution in [2.24, 2.45) is 11.8 Å². The standard InChI is InChI=1S/C27H33BrF3N5O/c1-35(2)25-22-6-4-5-7-23(22)33-26(34-25)32-15-18-8-10-19(11-9-18)16-36(3)17-20-12-13-21(28)14-24(20)37-27(29,30)31/h4-7,12-14,18-19H,8-11,15-17H2,1-3H3,(H,32,33,34)/t18-,19-. The third-order valence-corrected chi connectivity index (χ3v) is 7.28. The molecule has 6 nitrogen and oxygen atoms in total. The summed E-state index contributed by atoms with van der Waals surface area (Å²) in [4.78, 5) is 13.5. The number of para-hydroxylation sites is 1. The van der Waals surface area contributed by atoms with Gasteiger partial charge in [0.25, 0.3) is 0 Å². The zero-order chi connectivity index (χ0) is 26.6. The number of nitrogens with one attached hydrogen (secondary N) is 1. The van der Waals surface area contributed by atoms with Gasteiger partial charge in [0.05, 0.1) is 5.52 Å². The van der Waals surface area contributed by atoms with Gasteiger partial charge in [-0.15, -0.1) is 13.2 Å². The quantitative estimate of drug-likeness (QED) is 0.304. The Morgan fingerprint density at radius 2 is 1.70 bits per heavy atom. The van der Waals surface area contributed by atoms with Crippen LogP contribution in [0, 0.1) is 11.8 Å². The molecular weight excluding hydrogens is 547 g/mol. The first kappa shape index (κ1) is 27.4. The smallest absolute Gasteiger partial charge is 0.405 e. The molecule has 200 valence electrons. The van der Waals surface area contributed by atoms with Crippen molar-refractivity contribution in [1.82, 2.24) is 14.9 Å². The van der Waals surface area contributed by atoms with E-state index in [1.54, 1.807) is 12.1 Å². The van der Waals surface area contributed by atoms with Crippen LogP contribution in [0.15, 0.2) is 46.9 Å². The molecular formula is C27H33BrF3N5O. The number of ether oxygens (including phenoxy) is 1. The summed E-state index contributed by atoms with van der Waals surface area (Å²) in [6, 6.07) is 12.8. The fourth-order valence-corrected chi connectivity index (χ4v) is 5.35. The maximum atomic E-state index is 12.8. The number of benzene rings is 2. The summed E-state index contributed by atoms with van der Waals surface area (Å²) >= 11 is 3.23. The maximum absolute atomic E-state index is 12.8. The third-order valence-electron chi connectivity index (χ3n) is 6.79. The van der Waals surface area contributed by atoms with Crippen molar-refractivity contribution in [3.63, 3.8) is 0 Å². The van der Waals surface area contributed by atoms with Gasteiger partial charge in [0.15, 0.2) is 0 Å². The lowest BCUT2D eigenvalue weighted by Gasteiger charge is -2.31. The lowest BCUT2D eigenvalue weighted by Crippen LogP contribution is -2.30. The summed E-state index contributed by atoms with van der Waals surface area (Å²) in [6.07, 6.45) is -0.345. The van der Waals surface area contributed by atoms with E-state index in [1.807, 2.05) is 50.3 Å². The average molecular weight is 580 g/mol. The molecule has 1 heterocycles. The SMILES string of the molecule is CN(Cc1ccc(Br)cc1OC(F)(F)F)C[C@H]1CC[C@H](CNc2nc(N(C)C)c3ccccc3n2)CC1. The van der Waals surface area contributed by atoms with Gasteiger partial charge in [-0.1, -0.05) is 34.1 Å². The van der Waals surface area contributed by atoms with E-state index >= 15 is 0 Å². The third kappa shape index (κ3) is 7.70. The van der Waals surface area contributed by atoms with E-state index in [1.165, 1.54) is 6.07 Å². The van der Waals surface area contributed by atoms with Crippen LogP contribution >= 0.6 is 15.9 Å². The van der Waals surface area contributed by atoms with Crippen molar-refractivity contribution in [3.8, 4) is 5.75 Å². The fourth-order valence-electron chi connectivity index (χ4n) is 5.01.